The van der Waals surface area contributed by atoms with Crippen LogP contribution in [0.15, 0.2) is 41.9 Å². The molecule has 28 heavy (non-hydrogen) atoms. The molecule has 1 fully saturated rings. The number of benzene rings is 2. The highest BCUT2D eigenvalue weighted by Crippen LogP contribution is 2.30. The first-order valence-electron chi connectivity index (χ1n) is 9.62. The third-order valence-electron chi connectivity index (χ3n) is 5.44. The van der Waals surface area contributed by atoms with Crippen LogP contribution in [0.3, 0.4) is 0 Å². The van der Waals surface area contributed by atoms with Gasteiger partial charge in [0.05, 0.1) is 24.9 Å². The minimum absolute atomic E-state index is 0.0681. The number of ether oxygens (including phenoxy) is 1. The summed E-state index contributed by atoms with van der Waals surface area (Å²) in [5.41, 5.74) is 3.59. The number of nitrogens with zero attached hydrogens (tertiary/aromatic N) is 2. The van der Waals surface area contributed by atoms with Crippen molar-refractivity contribution in [3.63, 3.8) is 0 Å². The van der Waals surface area contributed by atoms with Crippen molar-refractivity contribution in [3.05, 3.63) is 58.0 Å². The van der Waals surface area contributed by atoms with E-state index in [-0.39, 0.29) is 5.91 Å². The van der Waals surface area contributed by atoms with Gasteiger partial charge >= 0.3 is 0 Å². The van der Waals surface area contributed by atoms with Gasteiger partial charge in [-0.25, -0.2) is 4.98 Å². The Morgan fingerprint density at radius 2 is 2.11 bits per heavy atom. The van der Waals surface area contributed by atoms with Crippen molar-refractivity contribution >= 4 is 28.0 Å². The smallest absolute Gasteiger partial charge is 0.254 e. The summed E-state index contributed by atoms with van der Waals surface area (Å²) < 4.78 is 5.49. The Balaban J connectivity index is 1.70. The van der Waals surface area contributed by atoms with Crippen molar-refractivity contribution < 1.29 is 9.53 Å². The van der Waals surface area contributed by atoms with Gasteiger partial charge < -0.3 is 15.0 Å². The summed E-state index contributed by atoms with van der Waals surface area (Å²) in [6.45, 7) is 5.36. The number of aryl methyl sites for hydroxylation is 1. The average molecular weight is 396 g/mol. The Hall–Kier alpha value is -2.44. The second kappa shape index (κ2) is 8.29. The van der Waals surface area contributed by atoms with Crippen LogP contribution < -0.4 is 10.1 Å². The zero-order valence-corrected chi connectivity index (χ0v) is 17.1. The Kier molecular flexibility index (Phi) is 5.59. The van der Waals surface area contributed by atoms with Gasteiger partial charge in [0.25, 0.3) is 5.91 Å². The van der Waals surface area contributed by atoms with Gasteiger partial charge in [-0.15, -0.1) is 11.3 Å². The van der Waals surface area contributed by atoms with E-state index in [1.807, 2.05) is 53.7 Å². The maximum atomic E-state index is 13.6. The third kappa shape index (κ3) is 3.75. The van der Waals surface area contributed by atoms with Crippen LogP contribution in [0.1, 0.15) is 27.3 Å². The summed E-state index contributed by atoms with van der Waals surface area (Å²) in [6.07, 6.45) is 1.11. The number of nitrogens with one attached hydrogen (secondary N) is 1. The second-order valence-electron chi connectivity index (χ2n) is 7.27. The molecule has 1 amide bonds. The number of thiazole rings is 1. The lowest BCUT2D eigenvalue weighted by Gasteiger charge is -2.26. The van der Waals surface area contributed by atoms with Crippen LogP contribution in [-0.2, 0) is 6.54 Å². The van der Waals surface area contributed by atoms with Gasteiger partial charge in [0.2, 0.25) is 0 Å². The predicted molar refractivity (Wildman–Crippen MR) is 113 cm³/mol. The molecule has 2 aromatic carbocycles. The number of fused-ring (bicyclic) bond motifs is 1. The van der Waals surface area contributed by atoms with Crippen LogP contribution in [0.2, 0.25) is 0 Å². The lowest BCUT2D eigenvalue weighted by molar-refractivity contribution is 0.0722. The Bertz CT molecular complexity index is 979. The molecular weight excluding hydrogens is 370 g/mol. The monoisotopic (exact) mass is 395 g/mol. The van der Waals surface area contributed by atoms with Gasteiger partial charge in [0, 0.05) is 22.4 Å². The van der Waals surface area contributed by atoms with E-state index in [0.29, 0.717) is 12.5 Å². The van der Waals surface area contributed by atoms with E-state index in [1.165, 1.54) is 0 Å². The molecule has 0 bridgehead atoms. The Morgan fingerprint density at radius 1 is 1.29 bits per heavy atom. The molecule has 1 N–H and O–H groups in total. The predicted octanol–water partition coefficient (Wildman–Crippen LogP) is 3.87. The molecule has 1 saturated heterocycles. The molecule has 0 aliphatic carbocycles. The molecule has 1 unspecified atom stereocenters. The first kappa shape index (κ1) is 18.9. The molecule has 0 saturated carbocycles. The molecule has 2 heterocycles. The van der Waals surface area contributed by atoms with Gasteiger partial charge in [-0.1, -0.05) is 24.3 Å². The summed E-state index contributed by atoms with van der Waals surface area (Å²) in [4.78, 5) is 21.1. The zero-order chi connectivity index (χ0) is 19.5. The van der Waals surface area contributed by atoms with Crippen molar-refractivity contribution in [2.24, 2.45) is 5.92 Å². The molecule has 4 rings (SSSR count). The Morgan fingerprint density at radius 3 is 2.79 bits per heavy atom. The van der Waals surface area contributed by atoms with Crippen LogP contribution >= 0.6 is 11.3 Å². The minimum atomic E-state index is 0.0681. The van der Waals surface area contributed by atoms with Gasteiger partial charge in [-0.05, 0) is 49.9 Å². The van der Waals surface area contributed by atoms with Crippen LogP contribution in [-0.4, -0.2) is 42.5 Å². The molecule has 1 aliphatic heterocycles. The minimum Gasteiger partial charge on any atom is -0.496 e. The fourth-order valence-corrected chi connectivity index (χ4v) is 4.65. The normalized spacial score (nSPS) is 16.4. The van der Waals surface area contributed by atoms with Gasteiger partial charge in [0.15, 0.2) is 0 Å². The molecule has 5 nitrogen and oxygen atoms in total. The topological polar surface area (TPSA) is 54.5 Å². The standard InChI is InChI=1S/C22H25N3O2S/c1-15-21(28-14-24-15)13-25(12-16-9-10-23-11-16)22(26)19-7-8-20(27-2)18-6-4-3-5-17(18)19/h3-8,14,16,23H,9-13H2,1-2H3. The molecule has 1 aromatic heterocycles. The van der Waals surface area contributed by atoms with Crippen molar-refractivity contribution in [1.82, 2.24) is 15.2 Å². The summed E-state index contributed by atoms with van der Waals surface area (Å²) in [6, 6.07) is 11.7. The van der Waals surface area contributed by atoms with E-state index >= 15 is 0 Å². The van der Waals surface area contributed by atoms with Crippen molar-refractivity contribution in [1.29, 1.82) is 0 Å². The van der Waals surface area contributed by atoms with Crippen LogP contribution in [0, 0.1) is 12.8 Å². The third-order valence-corrected chi connectivity index (χ3v) is 6.36. The maximum Gasteiger partial charge on any atom is 0.254 e. The largest absolute Gasteiger partial charge is 0.496 e. The molecule has 3 aromatic rings. The quantitative estimate of drug-likeness (QED) is 0.688. The highest BCUT2D eigenvalue weighted by Gasteiger charge is 2.25. The van der Waals surface area contributed by atoms with Gasteiger partial charge in [-0.3, -0.25) is 4.79 Å². The van der Waals surface area contributed by atoms with E-state index < -0.39 is 0 Å². The van der Waals surface area contributed by atoms with Crippen molar-refractivity contribution in [3.8, 4) is 5.75 Å². The van der Waals surface area contributed by atoms with E-state index in [9.17, 15) is 4.79 Å². The maximum absolute atomic E-state index is 13.6. The SMILES string of the molecule is COc1ccc(C(=O)N(Cc2scnc2C)CC2CCNC2)c2ccccc12. The van der Waals surface area contributed by atoms with E-state index in [0.717, 1.165) is 58.7 Å². The number of carbonyl (C=O) groups excluding carboxylic acids is 1. The number of rotatable bonds is 6. The van der Waals surface area contributed by atoms with E-state index in [1.54, 1.807) is 18.4 Å². The summed E-state index contributed by atoms with van der Waals surface area (Å²) in [5.74, 6) is 1.34. The number of aromatic nitrogens is 1. The lowest BCUT2D eigenvalue weighted by atomic mass is 10.0. The van der Waals surface area contributed by atoms with E-state index in [2.05, 4.69) is 10.3 Å². The van der Waals surface area contributed by atoms with Crippen LogP contribution in [0.4, 0.5) is 0 Å². The van der Waals surface area contributed by atoms with Crippen LogP contribution in [0.5, 0.6) is 5.75 Å². The lowest BCUT2D eigenvalue weighted by Crippen LogP contribution is -2.35. The second-order valence-corrected chi connectivity index (χ2v) is 8.21. The van der Waals surface area contributed by atoms with Crippen molar-refractivity contribution in [2.75, 3.05) is 26.7 Å². The van der Waals surface area contributed by atoms with Gasteiger partial charge in [0.1, 0.15) is 5.75 Å². The fourth-order valence-electron chi connectivity index (χ4n) is 3.86. The molecule has 0 spiro atoms. The number of methoxy groups -OCH3 is 1. The first-order chi connectivity index (χ1) is 13.7. The zero-order valence-electron chi connectivity index (χ0n) is 16.3. The van der Waals surface area contributed by atoms with E-state index in [4.69, 9.17) is 4.74 Å². The molecule has 0 radical (unpaired) electrons. The van der Waals surface area contributed by atoms with Crippen LogP contribution in [0.25, 0.3) is 10.8 Å². The first-order valence-corrected chi connectivity index (χ1v) is 10.5. The highest BCUT2D eigenvalue weighted by molar-refractivity contribution is 7.09. The number of amides is 1. The number of hydrogen-bond donors (Lipinski definition) is 1. The molecule has 6 heteroatoms. The number of carbonyl (C=O) groups is 1. The summed E-state index contributed by atoms with van der Waals surface area (Å²) in [7, 11) is 1.66. The summed E-state index contributed by atoms with van der Waals surface area (Å²) >= 11 is 1.62. The molecular formula is C22H25N3O2S. The molecule has 1 atom stereocenters. The molecule has 146 valence electrons. The summed E-state index contributed by atoms with van der Waals surface area (Å²) in [5, 5.41) is 5.30. The highest BCUT2D eigenvalue weighted by atomic mass is 32.1. The Labute approximate surface area is 169 Å². The fraction of sp³-hybridized carbons (Fsp3) is 0.364. The number of hydrogen-bond acceptors (Lipinski definition) is 5. The van der Waals surface area contributed by atoms with Gasteiger partial charge in [-0.2, -0.15) is 0 Å². The molecule has 1 aliphatic rings. The van der Waals surface area contributed by atoms with Crippen molar-refractivity contribution in [2.45, 2.75) is 19.9 Å². The average Bonchev–Trinajstić information content (AvgIpc) is 3.38.